The number of methoxy groups -OCH3 is 1. The Hall–Kier alpha value is -4.07. The molecule has 36 heavy (non-hydrogen) atoms. The van der Waals surface area contributed by atoms with Gasteiger partial charge in [-0.2, -0.15) is 5.26 Å². The van der Waals surface area contributed by atoms with Crippen LogP contribution in [-0.4, -0.2) is 29.9 Å². The third-order valence-corrected chi connectivity index (χ3v) is 6.04. The lowest BCUT2D eigenvalue weighted by Crippen LogP contribution is -2.30. The summed E-state index contributed by atoms with van der Waals surface area (Å²) in [6.45, 7) is -0.0309. The Morgan fingerprint density at radius 3 is 2.75 bits per heavy atom. The van der Waals surface area contributed by atoms with E-state index in [1.807, 2.05) is 6.07 Å². The molecule has 4 rings (SSSR count). The van der Waals surface area contributed by atoms with E-state index in [2.05, 4.69) is 32.1 Å². The molecule has 0 radical (unpaired) electrons. The summed E-state index contributed by atoms with van der Waals surface area (Å²) in [5.41, 5.74) is 1.79. The molecule has 11 heteroatoms. The van der Waals surface area contributed by atoms with Gasteiger partial charge >= 0.3 is 12.0 Å². The predicted molar refractivity (Wildman–Crippen MR) is 132 cm³/mol. The first-order chi connectivity index (χ1) is 17.3. The maximum absolute atomic E-state index is 12.8. The maximum atomic E-state index is 12.8. The van der Waals surface area contributed by atoms with Crippen LogP contribution in [0.15, 0.2) is 63.1 Å². The Kier molecular flexibility index (Phi) is 7.43. The van der Waals surface area contributed by atoms with Gasteiger partial charge in [-0.3, -0.25) is 9.69 Å². The fraction of sp³-hybridized carbons (Fsp3) is 0.120. The van der Waals surface area contributed by atoms with Crippen LogP contribution in [0.5, 0.6) is 5.75 Å². The normalized spacial score (nSPS) is 14.1. The first-order valence-corrected chi connectivity index (χ1v) is 11.6. The zero-order valence-electron chi connectivity index (χ0n) is 18.7. The van der Waals surface area contributed by atoms with Crippen molar-refractivity contribution in [3.05, 3.63) is 91.9 Å². The molecule has 0 saturated carbocycles. The molecule has 0 aliphatic carbocycles. The largest absolute Gasteiger partial charge is 0.486 e. The lowest BCUT2D eigenvalue weighted by molar-refractivity contribution is -0.123. The number of halogens is 2. The van der Waals surface area contributed by atoms with E-state index in [-0.39, 0.29) is 35.4 Å². The number of hydrogen-bond acceptors (Lipinski definition) is 7. The fourth-order valence-corrected chi connectivity index (χ4v) is 4.41. The summed E-state index contributed by atoms with van der Waals surface area (Å²) in [5.74, 6) is -0.660. The molecule has 0 bridgehead atoms. The summed E-state index contributed by atoms with van der Waals surface area (Å²) in [6.07, 6.45) is 1.48. The van der Waals surface area contributed by atoms with E-state index in [1.165, 1.54) is 25.3 Å². The van der Waals surface area contributed by atoms with Gasteiger partial charge in [-0.15, -0.1) is 0 Å². The number of carbonyl (C=O) groups is 3. The molecule has 2 aromatic carbocycles. The predicted octanol–water partition coefficient (Wildman–Crippen LogP) is 5.03. The standard InChI is InChI=1S/C25H17BrClN3O6/c1-34-24(32)21-7-6-17(36-21)12-30-23(31)20(29-25(30)33)10-14-8-18(26)22(19(27)9-14)35-13-16-5-3-2-4-15(16)11-28/h2-10H,12-13H2,1H3,(H,29,33)/b20-10-. The van der Waals surface area contributed by atoms with E-state index in [0.717, 1.165) is 4.90 Å². The second-order valence-corrected chi connectivity index (χ2v) is 8.77. The molecule has 1 saturated heterocycles. The summed E-state index contributed by atoms with van der Waals surface area (Å²) < 4.78 is 16.3. The van der Waals surface area contributed by atoms with Gasteiger partial charge < -0.3 is 19.2 Å². The summed E-state index contributed by atoms with van der Waals surface area (Å²) >= 11 is 9.84. The number of imide groups is 1. The molecule has 1 N–H and O–H groups in total. The molecule has 3 aromatic rings. The average Bonchev–Trinajstić information content (AvgIpc) is 3.43. The number of hydrogen-bond donors (Lipinski definition) is 1. The topological polar surface area (TPSA) is 122 Å². The van der Waals surface area contributed by atoms with Crippen LogP contribution in [0.4, 0.5) is 4.79 Å². The Morgan fingerprint density at radius 1 is 1.25 bits per heavy atom. The third-order valence-electron chi connectivity index (χ3n) is 5.17. The summed E-state index contributed by atoms with van der Waals surface area (Å²) in [4.78, 5) is 37.7. The molecular weight excluding hydrogens is 554 g/mol. The first-order valence-electron chi connectivity index (χ1n) is 10.4. The minimum absolute atomic E-state index is 0.0340. The monoisotopic (exact) mass is 569 g/mol. The van der Waals surface area contributed by atoms with Crippen LogP contribution in [-0.2, 0) is 22.7 Å². The van der Waals surface area contributed by atoms with Crippen LogP contribution < -0.4 is 10.1 Å². The van der Waals surface area contributed by atoms with Crippen LogP contribution in [0.25, 0.3) is 6.08 Å². The Labute approximate surface area is 219 Å². The van der Waals surface area contributed by atoms with Crippen molar-refractivity contribution in [2.24, 2.45) is 0 Å². The van der Waals surface area contributed by atoms with E-state index in [4.69, 9.17) is 20.8 Å². The highest BCUT2D eigenvalue weighted by atomic mass is 79.9. The van der Waals surface area contributed by atoms with Gasteiger partial charge in [-0.1, -0.05) is 29.8 Å². The van der Waals surface area contributed by atoms with E-state index in [9.17, 15) is 19.6 Å². The Morgan fingerprint density at radius 2 is 2.03 bits per heavy atom. The van der Waals surface area contributed by atoms with Gasteiger partial charge in [0.1, 0.15) is 18.1 Å². The van der Waals surface area contributed by atoms with Gasteiger partial charge in [0.15, 0.2) is 5.75 Å². The van der Waals surface area contributed by atoms with Crippen molar-refractivity contribution in [3.8, 4) is 11.8 Å². The second-order valence-electron chi connectivity index (χ2n) is 7.51. The molecular formula is C25H17BrClN3O6. The molecule has 182 valence electrons. The van der Waals surface area contributed by atoms with E-state index >= 15 is 0 Å². The summed E-state index contributed by atoms with van der Waals surface area (Å²) in [7, 11) is 1.22. The number of rotatable bonds is 7. The van der Waals surface area contributed by atoms with Crippen molar-refractivity contribution < 1.29 is 28.3 Å². The van der Waals surface area contributed by atoms with Crippen LogP contribution in [0.1, 0.15) is 33.0 Å². The van der Waals surface area contributed by atoms with Crippen LogP contribution >= 0.6 is 27.5 Å². The first kappa shape index (κ1) is 25.0. The maximum Gasteiger partial charge on any atom is 0.373 e. The molecule has 1 aliphatic rings. The number of nitriles is 1. The molecule has 0 spiro atoms. The number of benzene rings is 2. The van der Waals surface area contributed by atoms with Crippen molar-refractivity contribution in [2.45, 2.75) is 13.2 Å². The SMILES string of the molecule is COC(=O)c1ccc(CN2C(=O)N/C(=C\c3cc(Cl)c(OCc4ccccc4C#N)c(Br)c3)C2=O)o1. The fourth-order valence-electron chi connectivity index (χ4n) is 3.42. The lowest BCUT2D eigenvalue weighted by Gasteiger charge is -2.12. The summed E-state index contributed by atoms with van der Waals surface area (Å²) in [5, 5.41) is 12.0. The van der Waals surface area contributed by atoms with Crippen LogP contribution in [0.3, 0.4) is 0 Å². The van der Waals surface area contributed by atoms with Gasteiger partial charge in [0.25, 0.3) is 5.91 Å². The van der Waals surface area contributed by atoms with Gasteiger partial charge in [0.05, 0.1) is 34.8 Å². The minimum atomic E-state index is -0.664. The highest BCUT2D eigenvalue weighted by molar-refractivity contribution is 9.10. The number of urea groups is 1. The minimum Gasteiger partial charge on any atom is -0.486 e. The highest BCUT2D eigenvalue weighted by Crippen LogP contribution is 2.36. The Balaban J connectivity index is 1.49. The molecule has 0 unspecified atom stereocenters. The van der Waals surface area contributed by atoms with Gasteiger partial charge in [0.2, 0.25) is 5.76 Å². The second kappa shape index (κ2) is 10.7. The summed E-state index contributed by atoms with van der Waals surface area (Å²) in [6, 6.07) is 14.7. The number of amides is 3. The van der Waals surface area contributed by atoms with E-state index < -0.39 is 17.9 Å². The van der Waals surface area contributed by atoms with Gasteiger partial charge in [0, 0.05) is 5.56 Å². The van der Waals surface area contributed by atoms with E-state index in [1.54, 1.807) is 30.3 Å². The lowest BCUT2D eigenvalue weighted by atomic mass is 10.1. The zero-order valence-corrected chi connectivity index (χ0v) is 21.1. The van der Waals surface area contributed by atoms with Crippen molar-refractivity contribution in [2.75, 3.05) is 7.11 Å². The van der Waals surface area contributed by atoms with E-state index in [0.29, 0.717) is 26.9 Å². The molecule has 3 amide bonds. The van der Waals surface area contributed by atoms with Crippen molar-refractivity contribution in [1.82, 2.24) is 10.2 Å². The average molecular weight is 571 g/mol. The molecule has 0 atom stereocenters. The quantitative estimate of drug-likeness (QED) is 0.240. The van der Waals surface area contributed by atoms with Crippen LogP contribution in [0.2, 0.25) is 5.02 Å². The number of carbonyl (C=O) groups excluding carboxylic acids is 3. The smallest absolute Gasteiger partial charge is 0.373 e. The zero-order chi connectivity index (χ0) is 25.8. The molecule has 9 nitrogen and oxygen atoms in total. The number of nitrogens with one attached hydrogen (secondary N) is 1. The number of furan rings is 1. The number of nitrogens with zero attached hydrogens (tertiary/aromatic N) is 2. The number of ether oxygens (including phenoxy) is 2. The molecule has 1 fully saturated rings. The van der Waals surface area contributed by atoms with Crippen molar-refractivity contribution in [3.63, 3.8) is 0 Å². The van der Waals surface area contributed by atoms with Crippen molar-refractivity contribution in [1.29, 1.82) is 5.26 Å². The van der Waals surface area contributed by atoms with Crippen LogP contribution in [0, 0.1) is 11.3 Å². The van der Waals surface area contributed by atoms with Crippen molar-refractivity contribution >= 4 is 51.5 Å². The molecule has 1 aromatic heterocycles. The number of esters is 1. The Bertz CT molecular complexity index is 1420. The van der Waals surface area contributed by atoms with Gasteiger partial charge in [-0.05, 0) is 57.9 Å². The highest BCUT2D eigenvalue weighted by Gasteiger charge is 2.34. The van der Waals surface area contributed by atoms with Gasteiger partial charge in [-0.25, -0.2) is 9.59 Å². The molecule has 2 heterocycles. The molecule has 1 aliphatic heterocycles. The third kappa shape index (κ3) is 5.27.